The maximum Gasteiger partial charge on any atom is 0.356 e. The van der Waals surface area contributed by atoms with E-state index < -0.39 is 23.8 Å². The van der Waals surface area contributed by atoms with Crippen LogP contribution in [0.25, 0.3) is 0 Å². The molecule has 1 heterocycles. The number of esters is 2. The molecule has 136 valence electrons. The van der Waals surface area contributed by atoms with E-state index in [0.717, 1.165) is 4.68 Å². The highest BCUT2D eigenvalue weighted by Crippen LogP contribution is 2.17. The van der Waals surface area contributed by atoms with Crippen molar-refractivity contribution in [2.24, 2.45) is 0 Å². The summed E-state index contributed by atoms with van der Waals surface area (Å²) in [6.45, 7) is -0.261. The number of hydrogen-bond acceptors (Lipinski definition) is 7. The fraction of sp³-hybridized carbons (Fsp3) is 0.188. The topological polar surface area (TPSA) is 137 Å². The Labute approximate surface area is 147 Å². The number of ether oxygens (including phenoxy) is 2. The lowest BCUT2D eigenvalue weighted by atomic mass is 10.1. The first-order chi connectivity index (χ1) is 12.3. The minimum atomic E-state index is -1.21. The fourth-order valence-electron chi connectivity index (χ4n) is 2.08. The molecule has 0 spiro atoms. The molecule has 0 radical (unpaired) electrons. The van der Waals surface area contributed by atoms with Crippen LogP contribution in [0.4, 0.5) is 5.69 Å². The van der Waals surface area contributed by atoms with E-state index in [1.807, 2.05) is 0 Å². The van der Waals surface area contributed by atoms with E-state index in [-0.39, 0.29) is 29.1 Å². The third kappa shape index (κ3) is 4.44. The van der Waals surface area contributed by atoms with E-state index >= 15 is 0 Å². The van der Waals surface area contributed by atoms with Gasteiger partial charge in [-0.2, -0.15) is 5.10 Å². The molecular weight excluding hydrogens is 346 g/mol. The summed E-state index contributed by atoms with van der Waals surface area (Å²) in [7, 11) is 2.37. The van der Waals surface area contributed by atoms with E-state index in [9.17, 15) is 19.2 Å². The summed E-state index contributed by atoms with van der Waals surface area (Å²) in [6.07, 6.45) is 1.34. The van der Waals surface area contributed by atoms with Crippen molar-refractivity contribution in [2.45, 2.75) is 6.54 Å². The summed E-state index contributed by atoms with van der Waals surface area (Å²) in [5.74, 6) is -3.13. The summed E-state index contributed by atoms with van der Waals surface area (Å²) in [6, 6.07) is 5.20. The number of benzene rings is 1. The lowest BCUT2D eigenvalue weighted by Gasteiger charge is -2.09. The summed E-state index contributed by atoms with van der Waals surface area (Å²) < 4.78 is 10.4. The van der Waals surface area contributed by atoms with Crippen LogP contribution >= 0.6 is 0 Å². The number of anilines is 1. The first-order valence-electron chi connectivity index (χ1n) is 7.22. The van der Waals surface area contributed by atoms with Gasteiger partial charge >= 0.3 is 17.9 Å². The molecule has 0 saturated heterocycles. The Bertz CT molecular complexity index is 838. The van der Waals surface area contributed by atoms with Gasteiger partial charge in [-0.15, -0.1) is 0 Å². The summed E-state index contributed by atoms with van der Waals surface area (Å²) in [5.41, 5.74) is 0.0817. The second-order valence-corrected chi connectivity index (χ2v) is 5.03. The monoisotopic (exact) mass is 361 g/mol. The number of rotatable bonds is 6. The highest BCUT2D eigenvalue weighted by molar-refractivity contribution is 5.99. The molecule has 2 N–H and O–H groups in total. The molecule has 2 rings (SSSR count). The zero-order valence-corrected chi connectivity index (χ0v) is 13.9. The molecule has 2 aromatic rings. The number of aromatic carboxylic acids is 1. The van der Waals surface area contributed by atoms with Crippen molar-refractivity contribution in [1.29, 1.82) is 0 Å². The molecular formula is C16H15N3O7. The van der Waals surface area contributed by atoms with E-state index in [2.05, 4.69) is 19.9 Å². The maximum absolute atomic E-state index is 12.1. The highest BCUT2D eigenvalue weighted by atomic mass is 16.5. The van der Waals surface area contributed by atoms with Crippen LogP contribution in [0.2, 0.25) is 0 Å². The second kappa shape index (κ2) is 7.92. The number of nitrogens with one attached hydrogen (secondary N) is 1. The standard InChI is InChI=1S/C16H15N3O7/c1-25-15(23)9-5-10(16(24)26-2)7-11(6-9)17-13(20)8-19-4-3-12(18-19)14(21)22/h3-7H,8H2,1-2H3,(H,17,20)(H,21,22). The van der Waals surface area contributed by atoms with Gasteiger partial charge in [0, 0.05) is 11.9 Å². The number of methoxy groups -OCH3 is 2. The first kappa shape index (κ1) is 18.6. The van der Waals surface area contributed by atoms with Crippen molar-refractivity contribution in [3.63, 3.8) is 0 Å². The van der Waals surface area contributed by atoms with Gasteiger partial charge in [0.25, 0.3) is 0 Å². The van der Waals surface area contributed by atoms with Crippen molar-refractivity contribution in [1.82, 2.24) is 9.78 Å². The molecule has 1 aromatic heterocycles. The van der Waals surface area contributed by atoms with Crippen LogP contribution in [0.5, 0.6) is 0 Å². The predicted octanol–water partition coefficient (Wildman–Crippen LogP) is 0.793. The van der Waals surface area contributed by atoms with Gasteiger partial charge in [0.1, 0.15) is 6.54 Å². The Morgan fingerprint density at radius 1 is 1.08 bits per heavy atom. The largest absolute Gasteiger partial charge is 0.476 e. The maximum atomic E-state index is 12.1. The van der Waals surface area contributed by atoms with Crippen LogP contribution in [0.1, 0.15) is 31.2 Å². The molecule has 0 atom stereocenters. The van der Waals surface area contributed by atoms with Crippen molar-refractivity contribution >= 4 is 29.5 Å². The van der Waals surface area contributed by atoms with E-state index in [1.165, 1.54) is 44.7 Å². The average Bonchev–Trinajstić information content (AvgIpc) is 3.08. The van der Waals surface area contributed by atoms with Gasteiger partial charge in [-0.3, -0.25) is 9.48 Å². The zero-order chi connectivity index (χ0) is 19.3. The molecule has 1 aromatic carbocycles. The molecule has 1 amide bonds. The molecule has 0 aliphatic rings. The van der Waals surface area contributed by atoms with Gasteiger partial charge in [-0.1, -0.05) is 0 Å². The predicted molar refractivity (Wildman–Crippen MR) is 86.9 cm³/mol. The van der Waals surface area contributed by atoms with Gasteiger partial charge in [0.15, 0.2) is 5.69 Å². The van der Waals surface area contributed by atoms with Gasteiger partial charge in [-0.25, -0.2) is 14.4 Å². The number of hydrogen-bond donors (Lipinski definition) is 2. The Morgan fingerprint density at radius 2 is 1.65 bits per heavy atom. The van der Waals surface area contributed by atoms with Gasteiger partial charge in [-0.05, 0) is 24.3 Å². The Kier molecular flexibility index (Phi) is 5.68. The quantitative estimate of drug-likeness (QED) is 0.721. The van der Waals surface area contributed by atoms with Crippen LogP contribution < -0.4 is 5.32 Å². The van der Waals surface area contributed by atoms with Crippen LogP contribution in [0.15, 0.2) is 30.5 Å². The number of carbonyl (C=O) groups excluding carboxylic acids is 3. The van der Waals surface area contributed by atoms with E-state index in [1.54, 1.807) is 0 Å². The molecule has 10 heteroatoms. The summed E-state index contributed by atoms with van der Waals surface area (Å²) in [4.78, 5) is 46.3. The lowest BCUT2D eigenvalue weighted by Crippen LogP contribution is -2.20. The van der Waals surface area contributed by atoms with Crippen molar-refractivity contribution < 1.29 is 33.8 Å². The fourth-order valence-corrected chi connectivity index (χ4v) is 2.08. The molecule has 0 aliphatic carbocycles. The molecule has 0 saturated carbocycles. The van der Waals surface area contributed by atoms with Gasteiger partial charge in [0.05, 0.1) is 25.3 Å². The molecule has 26 heavy (non-hydrogen) atoms. The zero-order valence-electron chi connectivity index (χ0n) is 13.9. The molecule has 10 nitrogen and oxygen atoms in total. The minimum absolute atomic E-state index is 0.0537. The Morgan fingerprint density at radius 3 is 2.12 bits per heavy atom. The Hall–Kier alpha value is -3.69. The number of aromatic nitrogens is 2. The number of amides is 1. The van der Waals surface area contributed by atoms with Crippen LogP contribution in [0, 0.1) is 0 Å². The summed E-state index contributed by atoms with van der Waals surface area (Å²) >= 11 is 0. The molecule has 0 bridgehead atoms. The molecule has 0 unspecified atom stereocenters. The highest BCUT2D eigenvalue weighted by Gasteiger charge is 2.15. The number of carbonyl (C=O) groups is 4. The molecule has 0 fully saturated rings. The van der Waals surface area contributed by atoms with Crippen LogP contribution in [-0.2, 0) is 20.8 Å². The second-order valence-electron chi connectivity index (χ2n) is 5.03. The normalized spacial score (nSPS) is 10.1. The third-order valence-electron chi connectivity index (χ3n) is 3.22. The molecule has 0 aliphatic heterocycles. The first-order valence-corrected chi connectivity index (χ1v) is 7.22. The van der Waals surface area contributed by atoms with Crippen molar-refractivity contribution in [2.75, 3.05) is 19.5 Å². The average molecular weight is 361 g/mol. The van der Waals surface area contributed by atoms with Crippen LogP contribution in [-0.4, -0.2) is 52.9 Å². The number of nitrogens with zero attached hydrogens (tertiary/aromatic N) is 2. The van der Waals surface area contributed by atoms with Gasteiger partial charge in [0.2, 0.25) is 5.91 Å². The van der Waals surface area contributed by atoms with Crippen molar-refractivity contribution in [3.05, 3.63) is 47.3 Å². The summed E-state index contributed by atoms with van der Waals surface area (Å²) in [5, 5.41) is 15.0. The van der Waals surface area contributed by atoms with E-state index in [4.69, 9.17) is 5.11 Å². The Balaban J connectivity index is 2.20. The number of carboxylic acid groups (broad SMARTS) is 1. The lowest BCUT2D eigenvalue weighted by molar-refractivity contribution is -0.116. The van der Waals surface area contributed by atoms with Gasteiger partial charge < -0.3 is 19.9 Å². The number of carboxylic acids is 1. The van der Waals surface area contributed by atoms with Crippen molar-refractivity contribution in [3.8, 4) is 0 Å². The third-order valence-corrected chi connectivity index (χ3v) is 3.22. The van der Waals surface area contributed by atoms with Crippen LogP contribution in [0.3, 0.4) is 0 Å². The smallest absolute Gasteiger partial charge is 0.356 e. The van der Waals surface area contributed by atoms with E-state index in [0.29, 0.717) is 0 Å². The minimum Gasteiger partial charge on any atom is -0.476 e. The SMILES string of the molecule is COC(=O)c1cc(NC(=O)Cn2ccc(C(=O)O)n2)cc(C(=O)OC)c1.